The molecule has 2 heterocycles. The Morgan fingerprint density at radius 3 is 3.07 bits per heavy atom. The molecule has 1 N–H and O–H groups in total. The number of nitrogens with zero attached hydrogens (tertiary/aromatic N) is 2. The van der Waals surface area contributed by atoms with Gasteiger partial charge in [-0.05, 0) is 23.7 Å². The molecule has 0 radical (unpaired) electrons. The minimum atomic E-state index is 0.0438. The maximum Gasteiger partial charge on any atom is 0.129 e. The van der Waals surface area contributed by atoms with Gasteiger partial charge in [0.2, 0.25) is 0 Å². The highest BCUT2D eigenvalue weighted by molar-refractivity contribution is 6.29. The fourth-order valence-electron chi connectivity index (χ4n) is 2.02. The second kappa shape index (κ2) is 4.47. The van der Waals surface area contributed by atoms with Gasteiger partial charge in [-0.2, -0.15) is 0 Å². The summed E-state index contributed by atoms with van der Waals surface area (Å²) < 4.78 is 0. The van der Waals surface area contributed by atoms with Crippen LogP contribution in [-0.4, -0.2) is 28.1 Å². The molecule has 3 nitrogen and oxygen atoms in total. The first-order valence-electron chi connectivity index (χ1n) is 5.25. The number of pyridine rings is 1. The van der Waals surface area contributed by atoms with Crippen molar-refractivity contribution in [2.45, 2.75) is 26.5 Å². The van der Waals surface area contributed by atoms with Crippen molar-refractivity contribution in [3.8, 4) is 0 Å². The van der Waals surface area contributed by atoms with Crippen LogP contribution in [0.25, 0.3) is 0 Å². The van der Waals surface area contributed by atoms with Crippen molar-refractivity contribution in [3.05, 3.63) is 28.0 Å². The molecule has 0 unspecified atom stereocenters. The Hall–Kier alpha value is -0.640. The van der Waals surface area contributed by atoms with Gasteiger partial charge in [0.25, 0.3) is 0 Å². The Labute approximate surface area is 94.7 Å². The summed E-state index contributed by atoms with van der Waals surface area (Å²) in [6.07, 6.45) is 0.927. The molecule has 0 saturated carbocycles. The van der Waals surface area contributed by atoms with Crippen LogP contribution in [-0.2, 0) is 19.6 Å². The first kappa shape index (κ1) is 10.9. The van der Waals surface area contributed by atoms with Gasteiger partial charge in [-0.3, -0.25) is 4.90 Å². The molecule has 0 saturated heterocycles. The Morgan fingerprint density at radius 1 is 1.60 bits per heavy atom. The fourth-order valence-corrected chi connectivity index (χ4v) is 2.26. The van der Waals surface area contributed by atoms with E-state index in [9.17, 15) is 5.11 Å². The molecule has 15 heavy (non-hydrogen) atoms. The summed E-state index contributed by atoms with van der Waals surface area (Å²) in [6, 6.07) is 1.76. The van der Waals surface area contributed by atoms with E-state index < -0.39 is 0 Å². The first-order chi connectivity index (χ1) is 7.24. The summed E-state index contributed by atoms with van der Waals surface area (Å²) in [6.45, 7) is 5.13. The molecule has 0 fully saturated rings. The molecule has 0 amide bonds. The van der Waals surface area contributed by atoms with Crippen LogP contribution < -0.4 is 0 Å². The van der Waals surface area contributed by atoms with Gasteiger partial charge in [-0.1, -0.05) is 18.5 Å². The van der Waals surface area contributed by atoms with E-state index in [0.29, 0.717) is 5.15 Å². The number of likely N-dealkylation sites (N-methyl/N-ethyl adjacent to an activating group) is 1. The van der Waals surface area contributed by atoms with Crippen LogP contribution in [0.15, 0.2) is 6.07 Å². The monoisotopic (exact) mass is 226 g/mol. The van der Waals surface area contributed by atoms with E-state index in [4.69, 9.17) is 11.6 Å². The molecule has 0 atom stereocenters. The summed E-state index contributed by atoms with van der Waals surface area (Å²) >= 11 is 5.90. The summed E-state index contributed by atoms with van der Waals surface area (Å²) in [7, 11) is 0. The minimum Gasteiger partial charge on any atom is -0.392 e. The van der Waals surface area contributed by atoms with Crippen LogP contribution in [0.2, 0.25) is 5.15 Å². The lowest BCUT2D eigenvalue weighted by molar-refractivity contribution is 0.251. The molecule has 1 aromatic heterocycles. The quantitative estimate of drug-likeness (QED) is 0.779. The Morgan fingerprint density at radius 2 is 2.40 bits per heavy atom. The van der Waals surface area contributed by atoms with Crippen molar-refractivity contribution in [3.63, 3.8) is 0 Å². The van der Waals surface area contributed by atoms with Crippen molar-refractivity contribution in [1.29, 1.82) is 0 Å². The molecular formula is C11H15ClN2O. The molecule has 1 aliphatic heterocycles. The van der Waals surface area contributed by atoms with E-state index in [-0.39, 0.29) is 6.61 Å². The summed E-state index contributed by atoms with van der Waals surface area (Å²) in [5.41, 5.74) is 3.13. The lowest BCUT2D eigenvalue weighted by Gasteiger charge is -2.28. The van der Waals surface area contributed by atoms with Crippen LogP contribution in [0.1, 0.15) is 23.7 Å². The van der Waals surface area contributed by atoms with Gasteiger partial charge >= 0.3 is 0 Å². The number of hydrogen-bond donors (Lipinski definition) is 1. The zero-order valence-electron chi connectivity index (χ0n) is 8.83. The predicted molar refractivity (Wildman–Crippen MR) is 59.8 cm³/mol. The standard InChI is InChI=1S/C11H15ClN2O/c1-2-14-4-3-10-9(6-14)8(7-15)5-11(12)13-10/h5,15H,2-4,6-7H2,1H3. The minimum absolute atomic E-state index is 0.0438. The number of rotatable bonds is 2. The second-order valence-corrected chi connectivity index (χ2v) is 4.19. The van der Waals surface area contributed by atoms with Gasteiger partial charge in [-0.15, -0.1) is 0 Å². The third kappa shape index (κ3) is 2.14. The number of aliphatic hydroxyl groups excluding tert-OH is 1. The Kier molecular flexibility index (Phi) is 3.24. The van der Waals surface area contributed by atoms with Gasteiger partial charge in [0.05, 0.1) is 6.61 Å². The lowest BCUT2D eigenvalue weighted by atomic mass is 10.0. The number of fused-ring (bicyclic) bond motifs is 1. The van der Waals surface area contributed by atoms with E-state index in [2.05, 4.69) is 16.8 Å². The van der Waals surface area contributed by atoms with Gasteiger partial charge in [0, 0.05) is 25.2 Å². The van der Waals surface area contributed by atoms with Gasteiger partial charge < -0.3 is 5.11 Å². The third-order valence-electron chi connectivity index (χ3n) is 2.94. The Bertz CT molecular complexity index is 351. The van der Waals surface area contributed by atoms with Crippen LogP contribution in [0, 0.1) is 0 Å². The van der Waals surface area contributed by atoms with E-state index >= 15 is 0 Å². The molecule has 4 heteroatoms. The maximum absolute atomic E-state index is 9.27. The van der Waals surface area contributed by atoms with Gasteiger partial charge in [0.1, 0.15) is 5.15 Å². The van der Waals surface area contributed by atoms with Gasteiger partial charge in [-0.25, -0.2) is 4.98 Å². The van der Waals surface area contributed by atoms with Crippen LogP contribution in [0.4, 0.5) is 0 Å². The molecular weight excluding hydrogens is 212 g/mol. The summed E-state index contributed by atoms with van der Waals surface area (Å²) in [5.74, 6) is 0. The molecule has 1 aliphatic rings. The average molecular weight is 227 g/mol. The molecule has 0 spiro atoms. The van der Waals surface area contributed by atoms with Crippen molar-refractivity contribution in [1.82, 2.24) is 9.88 Å². The van der Waals surface area contributed by atoms with Crippen LogP contribution >= 0.6 is 11.6 Å². The first-order valence-corrected chi connectivity index (χ1v) is 5.62. The predicted octanol–water partition coefficient (Wildman–Crippen LogP) is 1.61. The number of aromatic nitrogens is 1. The molecule has 0 aliphatic carbocycles. The number of halogens is 1. The molecule has 0 aromatic carbocycles. The van der Waals surface area contributed by atoms with Crippen molar-refractivity contribution >= 4 is 11.6 Å². The van der Waals surface area contributed by atoms with Crippen molar-refractivity contribution in [2.75, 3.05) is 13.1 Å². The average Bonchev–Trinajstić information content (AvgIpc) is 2.27. The normalized spacial score (nSPS) is 16.5. The largest absolute Gasteiger partial charge is 0.392 e. The van der Waals surface area contributed by atoms with Crippen LogP contribution in [0.5, 0.6) is 0 Å². The summed E-state index contributed by atoms with van der Waals surface area (Å²) in [4.78, 5) is 6.66. The van der Waals surface area contributed by atoms with E-state index in [1.54, 1.807) is 6.07 Å². The highest BCUT2D eigenvalue weighted by Gasteiger charge is 2.19. The second-order valence-electron chi connectivity index (χ2n) is 3.81. The van der Waals surface area contributed by atoms with E-state index in [1.165, 1.54) is 0 Å². The van der Waals surface area contributed by atoms with E-state index in [0.717, 1.165) is 42.9 Å². The van der Waals surface area contributed by atoms with Crippen molar-refractivity contribution < 1.29 is 5.11 Å². The fraction of sp³-hybridized carbons (Fsp3) is 0.545. The number of aliphatic hydroxyl groups is 1. The molecule has 2 rings (SSSR count). The molecule has 0 bridgehead atoms. The third-order valence-corrected chi connectivity index (χ3v) is 3.13. The zero-order valence-corrected chi connectivity index (χ0v) is 9.59. The van der Waals surface area contributed by atoms with Crippen molar-refractivity contribution in [2.24, 2.45) is 0 Å². The molecule has 82 valence electrons. The zero-order chi connectivity index (χ0) is 10.8. The summed E-state index contributed by atoms with van der Waals surface area (Å²) in [5, 5.41) is 9.76. The topological polar surface area (TPSA) is 36.4 Å². The number of hydrogen-bond acceptors (Lipinski definition) is 3. The Balaban J connectivity index is 2.39. The lowest BCUT2D eigenvalue weighted by Crippen LogP contribution is -2.31. The molecule has 1 aromatic rings. The van der Waals surface area contributed by atoms with Crippen LogP contribution in [0.3, 0.4) is 0 Å². The smallest absolute Gasteiger partial charge is 0.129 e. The highest BCUT2D eigenvalue weighted by atomic mass is 35.5. The van der Waals surface area contributed by atoms with E-state index in [1.807, 2.05) is 0 Å². The van der Waals surface area contributed by atoms with Gasteiger partial charge in [0.15, 0.2) is 0 Å². The highest BCUT2D eigenvalue weighted by Crippen LogP contribution is 2.23. The maximum atomic E-state index is 9.27. The SMILES string of the molecule is CCN1CCc2nc(Cl)cc(CO)c2C1.